The van der Waals surface area contributed by atoms with Gasteiger partial charge < -0.3 is 19.9 Å². The molecule has 0 spiro atoms. The van der Waals surface area contributed by atoms with E-state index in [1.807, 2.05) is 0 Å². The molecular weight excluding hydrogens is 403 g/mol. The second-order valence-corrected chi connectivity index (χ2v) is 7.48. The van der Waals surface area contributed by atoms with E-state index in [1.54, 1.807) is 20.8 Å². The number of carbonyl (C=O) groups excluding carboxylic acids is 2. The van der Waals surface area contributed by atoms with E-state index < -0.39 is 40.7 Å². The Kier molecular flexibility index (Phi) is 6.27. The molecule has 1 aromatic heterocycles. The Morgan fingerprint density at radius 2 is 1.93 bits per heavy atom. The maximum Gasteiger partial charge on any atom is 0.434 e. The van der Waals surface area contributed by atoms with Gasteiger partial charge in [0.05, 0.1) is 12.7 Å². The minimum absolute atomic E-state index is 0.0480. The molecule has 1 N–H and O–H groups in total. The molecule has 0 aliphatic carbocycles. The van der Waals surface area contributed by atoms with E-state index in [0.717, 1.165) is 0 Å². The lowest BCUT2D eigenvalue weighted by molar-refractivity contribution is -0.141. The molecular formula is C16H21ClF3N5O3. The quantitative estimate of drug-likeness (QED) is 0.785. The predicted octanol–water partition coefficient (Wildman–Crippen LogP) is 2.32. The van der Waals surface area contributed by atoms with Crippen LogP contribution in [0.2, 0.25) is 5.15 Å². The highest BCUT2D eigenvalue weighted by molar-refractivity contribution is 6.31. The summed E-state index contributed by atoms with van der Waals surface area (Å²) in [6.45, 7) is 5.38. The van der Waals surface area contributed by atoms with Crippen molar-refractivity contribution < 1.29 is 27.5 Å². The van der Waals surface area contributed by atoms with E-state index in [4.69, 9.17) is 16.3 Å². The van der Waals surface area contributed by atoms with Crippen molar-refractivity contribution in [2.45, 2.75) is 38.6 Å². The zero-order chi connectivity index (χ0) is 21.3. The first-order valence-electron chi connectivity index (χ1n) is 8.39. The van der Waals surface area contributed by atoms with Gasteiger partial charge in [-0.3, -0.25) is 4.79 Å². The van der Waals surface area contributed by atoms with E-state index in [9.17, 15) is 22.8 Å². The molecule has 0 aromatic carbocycles. The summed E-state index contributed by atoms with van der Waals surface area (Å²) in [4.78, 5) is 34.5. The van der Waals surface area contributed by atoms with Gasteiger partial charge in [0.1, 0.15) is 11.6 Å². The Balaban J connectivity index is 2.28. The summed E-state index contributed by atoms with van der Waals surface area (Å²) in [6, 6.07) is -0.921. The van der Waals surface area contributed by atoms with Gasteiger partial charge >= 0.3 is 12.3 Å². The fourth-order valence-electron chi connectivity index (χ4n) is 2.61. The van der Waals surface area contributed by atoms with Crippen LogP contribution >= 0.6 is 11.6 Å². The molecule has 12 heteroatoms. The molecule has 0 bridgehead atoms. The SMILES string of the molecule is CNC(=O)[C@H]1CN(C(=O)OC(C)(C)C)CCN1c1ncc(C(F)(F)F)nc1Cl. The molecule has 1 aliphatic heterocycles. The fraction of sp³-hybridized carbons (Fsp3) is 0.625. The number of nitrogens with one attached hydrogen (secondary N) is 1. The van der Waals surface area contributed by atoms with E-state index >= 15 is 0 Å². The molecule has 0 unspecified atom stereocenters. The average molecular weight is 424 g/mol. The molecule has 2 rings (SSSR count). The third-order valence-corrected chi connectivity index (χ3v) is 4.11. The summed E-state index contributed by atoms with van der Waals surface area (Å²) in [6.07, 6.45) is -4.72. The summed E-state index contributed by atoms with van der Waals surface area (Å²) in [5.74, 6) is -0.516. The first-order chi connectivity index (χ1) is 12.8. The summed E-state index contributed by atoms with van der Waals surface area (Å²) >= 11 is 5.92. The van der Waals surface area contributed by atoms with E-state index in [2.05, 4.69) is 15.3 Å². The lowest BCUT2D eigenvalue weighted by atomic mass is 10.1. The van der Waals surface area contributed by atoms with Crippen molar-refractivity contribution in [1.82, 2.24) is 20.2 Å². The molecule has 1 fully saturated rings. The predicted molar refractivity (Wildman–Crippen MR) is 95.1 cm³/mol. The number of amides is 2. The number of halogens is 4. The van der Waals surface area contributed by atoms with E-state index in [0.29, 0.717) is 6.20 Å². The second kappa shape index (κ2) is 7.98. The lowest BCUT2D eigenvalue weighted by Gasteiger charge is -2.41. The van der Waals surface area contributed by atoms with Crippen molar-refractivity contribution in [3.05, 3.63) is 17.0 Å². The highest BCUT2D eigenvalue weighted by Gasteiger charge is 2.39. The summed E-state index contributed by atoms with van der Waals surface area (Å²) in [7, 11) is 1.41. The Hall–Kier alpha value is -2.30. The number of likely N-dealkylation sites (N-methyl/N-ethyl adjacent to an activating group) is 1. The molecule has 0 saturated carbocycles. The van der Waals surface area contributed by atoms with Gasteiger partial charge in [-0.05, 0) is 20.8 Å². The van der Waals surface area contributed by atoms with Gasteiger partial charge in [0, 0.05) is 20.1 Å². The molecule has 1 aromatic rings. The number of anilines is 1. The largest absolute Gasteiger partial charge is 0.444 e. The van der Waals surface area contributed by atoms with Crippen molar-refractivity contribution >= 4 is 29.4 Å². The van der Waals surface area contributed by atoms with Gasteiger partial charge in [-0.1, -0.05) is 11.6 Å². The van der Waals surface area contributed by atoms with Crippen molar-refractivity contribution in [3.63, 3.8) is 0 Å². The first-order valence-corrected chi connectivity index (χ1v) is 8.77. The summed E-state index contributed by atoms with van der Waals surface area (Å²) in [5.41, 5.74) is -1.94. The van der Waals surface area contributed by atoms with Crippen LogP contribution in [0.15, 0.2) is 6.20 Å². The fourth-order valence-corrected chi connectivity index (χ4v) is 2.86. The topological polar surface area (TPSA) is 87.7 Å². The standard InChI is InChI=1S/C16H21ClF3N5O3/c1-15(2,3)28-14(27)24-5-6-25(9(8-24)13(26)21-4)12-11(17)23-10(7-22-12)16(18,19)20/h7,9H,5-6,8H2,1-4H3,(H,21,26)/t9-/m1/s1. The highest BCUT2D eigenvalue weighted by atomic mass is 35.5. The molecule has 156 valence electrons. The van der Waals surface area contributed by atoms with Crippen LogP contribution in [0, 0.1) is 0 Å². The number of rotatable bonds is 2. The number of ether oxygens (including phenoxy) is 1. The Morgan fingerprint density at radius 1 is 1.29 bits per heavy atom. The van der Waals surface area contributed by atoms with Crippen LogP contribution < -0.4 is 10.2 Å². The molecule has 2 heterocycles. The monoisotopic (exact) mass is 423 g/mol. The van der Waals surface area contributed by atoms with Gasteiger partial charge in [0.15, 0.2) is 16.7 Å². The number of alkyl halides is 3. The van der Waals surface area contributed by atoms with Crippen molar-refractivity contribution in [2.24, 2.45) is 0 Å². The van der Waals surface area contributed by atoms with Gasteiger partial charge in [-0.2, -0.15) is 13.2 Å². The van der Waals surface area contributed by atoms with Gasteiger partial charge in [-0.15, -0.1) is 0 Å². The van der Waals surface area contributed by atoms with Gasteiger partial charge in [0.25, 0.3) is 0 Å². The number of nitrogens with zero attached hydrogens (tertiary/aromatic N) is 4. The number of piperazine rings is 1. The maximum absolute atomic E-state index is 12.8. The number of hydrogen-bond acceptors (Lipinski definition) is 6. The van der Waals surface area contributed by atoms with Crippen LogP contribution in [0.5, 0.6) is 0 Å². The third kappa shape index (κ3) is 5.15. The minimum Gasteiger partial charge on any atom is -0.444 e. The van der Waals surface area contributed by atoms with Crippen molar-refractivity contribution in [3.8, 4) is 0 Å². The van der Waals surface area contributed by atoms with Gasteiger partial charge in [0.2, 0.25) is 5.91 Å². The molecule has 28 heavy (non-hydrogen) atoms. The Morgan fingerprint density at radius 3 is 2.43 bits per heavy atom. The molecule has 1 saturated heterocycles. The number of carbonyl (C=O) groups is 2. The van der Waals surface area contributed by atoms with E-state index in [1.165, 1.54) is 16.8 Å². The van der Waals surface area contributed by atoms with Crippen molar-refractivity contribution in [1.29, 1.82) is 0 Å². The zero-order valence-corrected chi connectivity index (χ0v) is 16.6. The molecule has 1 atom stereocenters. The summed E-state index contributed by atoms with van der Waals surface area (Å²) < 4.78 is 43.7. The van der Waals surface area contributed by atoms with E-state index in [-0.39, 0.29) is 25.5 Å². The van der Waals surface area contributed by atoms with Gasteiger partial charge in [-0.25, -0.2) is 14.8 Å². The van der Waals surface area contributed by atoms with Crippen LogP contribution in [0.3, 0.4) is 0 Å². The number of aromatic nitrogens is 2. The zero-order valence-electron chi connectivity index (χ0n) is 15.8. The third-order valence-electron chi connectivity index (χ3n) is 3.86. The second-order valence-electron chi connectivity index (χ2n) is 7.12. The minimum atomic E-state index is -4.69. The Labute approximate surface area is 165 Å². The average Bonchev–Trinajstić information content (AvgIpc) is 2.58. The molecule has 0 radical (unpaired) electrons. The van der Waals surface area contributed by atoms with Crippen LogP contribution in [0.25, 0.3) is 0 Å². The lowest BCUT2D eigenvalue weighted by Crippen LogP contribution is -2.60. The molecule has 1 aliphatic rings. The number of hydrogen-bond donors (Lipinski definition) is 1. The molecule has 2 amide bonds. The van der Waals surface area contributed by atoms with Crippen LogP contribution in [-0.4, -0.2) is 65.2 Å². The molecule has 8 nitrogen and oxygen atoms in total. The van der Waals surface area contributed by atoms with Crippen LogP contribution in [0.1, 0.15) is 26.5 Å². The summed E-state index contributed by atoms with van der Waals surface area (Å²) in [5, 5.41) is 1.99. The first kappa shape index (κ1) is 22.0. The van der Waals surface area contributed by atoms with Crippen LogP contribution in [-0.2, 0) is 15.7 Å². The normalized spacial score (nSPS) is 18.1. The Bertz CT molecular complexity index is 754. The smallest absolute Gasteiger partial charge is 0.434 e. The maximum atomic E-state index is 12.8. The van der Waals surface area contributed by atoms with Crippen LogP contribution in [0.4, 0.5) is 23.8 Å². The van der Waals surface area contributed by atoms with Crippen molar-refractivity contribution in [2.75, 3.05) is 31.6 Å². The highest BCUT2D eigenvalue weighted by Crippen LogP contribution is 2.32.